The molecule has 0 aromatic carbocycles. The van der Waals surface area contributed by atoms with Gasteiger partial charge < -0.3 is 39.3 Å². The van der Waals surface area contributed by atoms with E-state index in [4.69, 9.17) is 28.7 Å². The minimum atomic E-state index is 0.688. The maximum atomic E-state index is 5.47. The first-order chi connectivity index (χ1) is 9.76. The standard InChI is InChI=1S/C8H23N5.C4H13N3/c9-1-4-12-5-8-13(6-2-10)7-3-11;5-1-3-7-4-2-6/h12H,1-11H2;7H,1-6H2. The molecule has 0 rings (SSSR count). The maximum Gasteiger partial charge on any atom is 0.0108 e. The lowest BCUT2D eigenvalue weighted by Gasteiger charge is -2.20. The molecule has 0 spiro atoms. The average molecular weight is 292 g/mol. The van der Waals surface area contributed by atoms with Crippen molar-refractivity contribution in [1.82, 2.24) is 15.5 Å². The van der Waals surface area contributed by atoms with E-state index in [1.54, 1.807) is 0 Å². The molecule has 0 aliphatic heterocycles. The molecule has 12 N–H and O–H groups in total. The van der Waals surface area contributed by atoms with E-state index in [-0.39, 0.29) is 0 Å². The van der Waals surface area contributed by atoms with E-state index in [1.807, 2.05) is 0 Å². The summed E-state index contributed by atoms with van der Waals surface area (Å²) in [7, 11) is 0. The van der Waals surface area contributed by atoms with Crippen LogP contribution in [-0.2, 0) is 0 Å². The van der Waals surface area contributed by atoms with Gasteiger partial charge >= 0.3 is 0 Å². The van der Waals surface area contributed by atoms with Gasteiger partial charge in [-0.25, -0.2) is 0 Å². The average Bonchev–Trinajstić information content (AvgIpc) is 2.45. The number of rotatable bonds is 13. The highest BCUT2D eigenvalue weighted by Crippen LogP contribution is 1.83. The normalized spacial score (nSPS) is 10.5. The second-order valence-corrected chi connectivity index (χ2v) is 4.29. The van der Waals surface area contributed by atoms with Crippen molar-refractivity contribution in [2.24, 2.45) is 28.7 Å². The summed E-state index contributed by atoms with van der Waals surface area (Å²) in [5.74, 6) is 0. The second kappa shape index (κ2) is 21.0. The molecule has 0 amide bonds. The first-order valence-corrected chi connectivity index (χ1v) is 7.40. The van der Waals surface area contributed by atoms with E-state index in [0.717, 1.165) is 45.8 Å². The van der Waals surface area contributed by atoms with Crippen molar-refractivity contribution < 1.29 is 0 Å². The minimum absolute atomic E-state index is 0.688. The maximum absolute atomic E-state index is 5.47. The molecule has 8 heteroatoms. The molecule has 0 radical (unpaired) electrons. The molecule has 124 valence electrons. The number of hydrogen-bond donors (Lipinski definition) is 7. The van der Waals surface area contributed by atoms with Crippen molar-refractivity contribution in [2.75, 3.05) is 78.5 Å². The molecule has 0 unspecified atom stereocenters. The molecule has 0 saturated heterocycles. The molecule has 0 aromatic heterocycles. The fourth-order valence-corrected chi connectivity index (χ4v) is 1.49. The Hall–Kier alpha value is -0.320. The van der Waals surface area contributed by atoms with Crippen molar-refractivity contribution in [3.05, 3.63) is 0 Å². The van der Waals surface area contributed by atoms with Crippen LogP contribution in [0.5, 0.6) is 0 Å². The van der Waals surface area contributed by atoms with Gasteiger partial charge in [0.05, 0.1) is 0 Å². The zero-order valence-electron chi connectivity index (χ0n) is 12.8. The molecule has 0 heterocycles. The van der Waals surface area contributed by atoms with E-state index in [0.29, 0.717) is 32.7 Å². The van der Waals surface area contributed by atoms with Crippen LogP contribution in [0.2, 0.25) is 0 Å². The van der Waals surface area contributed by atoms with Crippen LogP contribution in [0, 0.1) is 0 Å². The van der Waals surface area contributed by atoms with Gasteiger partial charge in [-0.05, 0) is 0 Å². The fourth-order valence-electron chi connectivity index (χ4n) is 1.49. The zero-order valence-corrected chi connectivity index (χ0v) is 12.8. The van der Waals surface area contributed by atoms with E-state index in [2.05, 4.69) is 15.5 Å². The Balaban J connectivity index is 0. The van der Waals surface area contributed by atoms with Crippen LogP contribution in [0.1, 0.15) is 0 Å². The Bertz CT molecular complexity index is 148. The van der Waals surface area contributed by atoms with Gasteiger partial charge in [-0.2, -0.15) is 0 Å². The molecule has 8 nitrogen and oxygen atoms in total. The molecular weight excluding hydrogens is 256 g/mol. The zero-order chi connectivity index (χ0) is 15.5. The Morgan fingerprint density at radius 1 is 0.500 bits per heavy atom. The van der Waals surface area contributed by atoms with Crippen LogP contribution in [0.15, 0.2) is 0 Å². The van der Waals surface area contributed by atoms with Gasteiger partial charge in [0.2, 0.25) is 0 Å². The molecule has 0 atom stereocenters. The van der Waals surface area contributed by atoms with Gasteiger partial charge in [0.1, 0.15) is 0 Å². The Labute approximate surface area is 123 Å². The summed E-state index contributed by atoms with van der Waals surface area (Å²) in [5.41, 5.74) is 26.6. The van der Waals surface area contributed by atoms with Gasteiger partial charge in [0.15, 0.2) is 0 Å². The first-order valence-electron chi connectivity index (χ1n) is 7.40. The van der Waals surface area contributed by atoms with Gasteiger partial charge in [0.25, 0.3) is 0 Å². The molecule has 0 aromatic rings. The third-order valence-electron chi connectivity index (χ3n) is 2.46. The van der Waals surface area contributed by atoms with E-state index >= 15 is 0 Å². The van der Waals surface area contributed by atoms with Crippen molar-refractivity contribution in [2.45, 2.75) is 0 Å². The van der Waals surface area contributed by atoms with Gasteiger partial charge in [-0.3, -0.25) is 4.90 Å². The van der Waals surface area contributed by atoms with Crippen LogP contribution in [-0.4, -0.2) is 83.4 Å². The Morgan fingerprint density at radius 2 is 0.900 bits per heavy atom. The van der Waals surface area contributed by atoms with Crippen LogP contribution >= 0.6 is 0 Å². The van der Waals surface area contributed by atoms with Crippen molar-refractivity contribution >= 4 is 0 Å². The largest absolute Gasteiger partial charge is 0.329 e. The predicted molar refractivity (Wildman–Crippen MR) is 87.5 cm³/mol. The minimum Gasteiger partial charge on any atom is -0.329 e. The smallest absolute Gasteiger partial charge is 0.0108 e. The summed E-state index contributed by atoms with van der Waals surface area (Å²) in [6, 6.07) is 0. The molecular formula is C12H36N8. The predicted octanol–water partition coefficient (Wildman–Crippen LogP) is -3.75. The van der Waals surface area contributed by atoms with Crippen molar-refractivity contribution in [1.29, 1.82) is 0 Å². The van der Waals surface area contributed by atoms with Gasteiger partial charge in [-0.1, -0.05) is 0 Å². The fraction of sp³-hybridized carbons (Fsp3) is 1.00. The molecule has 0 bridgehead atoms. The molecule has 0 aliphatic carbocycles. The molecule has 0 fully saturated rings. The van der Waals surface area contributed by atoms with E-state index < -0.39 is 0 Å². The molecule has 0 saturated carbocycles. The molecule has 0 aliphatic rings. The number of nitrogens with two attached hydrogens (primary N) is 5. The van der Waals surface area contributed by atoms with Crippen LogP contribution in [0.25, 0.3) is 0 Å². The summed E-state index contributed by atoms with van der Waals surface area (Å²) in [4.78, 5) is 2.25. The van der Waals surface area contributed by atoms with E-state index in [1.165, 1.54) is 0 Å². The number of hydrogen-bond acceptors (Lipinski definition) is 8. The second-order valence-electron chi connectivity index (χ2n) is 4.29. The highest BCUT2D eigenvalue weighted by Gasteiger charge is 2.00. The highest BCUT2D eigenvalue weighted by molar-refractivity contribution is 4.60. The van der Waals surface area contributed by atoms with Crippen molar-refractivity contribution in [3.8, 4) is 0 Å². The van der Waals surface area contributed by atoms with Crippen LogP contribution < -0.4 is 39.3 Å². The molecule has 20 heavy (non-hydrogen) atoms. The third-order valence-corrected chi connectivity index (χ3v) is 2.46. The lowest BCUT2D eigenvalue weighted by molar-refractivity contribution is 0.288. The van der Waals surface area contributed by atoms with Crippen LogP contribution in [0.4, 0.5) is 0 Å². The SMILES string of the molecule is NCCNCCN.NCCNCCN(CCN)CCN. The highest BCUT2D eigenvalue weighted by atomic mass is 15.1. The quantitative estimate of drug-likeness (QED) is 0.171. The Morgan fingerprint density at radius 3 is 1.25 bits per heavy atom. The summed E-state index contributed by atoms with van der Waals surface area (Å²) in [5, 5.41) is 6.27. The lowest BCUT2D eigenvalue weighted by Crippen LogP contribution is -2.39. The Kier molecular flexibility index (Phi) is 23.1. The summed E-state index contributed by atoms with van der Waals surface area (Å²) in [6.45, 7) is 9.86. The van der Waals surface area contributed by atoms with Gasteiger partial charge in [0, 0.05) is 78.5 Å². The lowest BCUT2D eigenvalue weighted by atomic mass is 10.4. The van der Waals surface area contributed by atoms with Gasteiger partial charge in [-0.15, -0.1) is 0 Å². The summed E-state index contributed by atoms with van der Waals surface area (Å²) < 4.78 is 0. The summed E-state index contributed by atoms with van der Waals surface area (Å²) in [6.07, 6.45) is 0. The van der Waals surface area contributed by atoms with E-state index in [9.17, 15) is 0 Å². The third kappa shape index (κ3) is 20.0. The first kappa shape index (κ1) is 22.0. The number of nitrogens with zero attached hydrogens (tertiary/aromatic N) is 1. The number of nitrogens with one attached hydrogen (secondary N) is 2. The van der Waals surface area contributed by atoms with Crippen LogP contribution in [0.3, 0.4) is 0 Å². The topological polar surface area (TPSA) is 157 Å². The summed E-state index contributed by atoms with van der Waals surface area (Å²) >= 11 is 0. The van der Waals surface area contributed by atoms with Crippen molar-refractivity contribution in [3.63, 3.8) is 0 Å². The monoisotopic (exact) mass is 292 g/mol.